The van der Waals surface area contributed by atoms with E-state index in [0.29, 0.717) is 12.8 Å². The van der Waals surface area contributed by atoms with Gasteiger partial charge in [-0.05, 0) is 39.0 Å². The maximum absolute atomic E-state index is 12.9. The molecule has 130 valence electrons. The zero-order valence-electron chi connectivity index (χ0n) is 14.4. The molecule has 4 atom stereocenters. The summed E-state index contributed by atoms with van der Waals surface area (Å²) < 4.78 is 0. The lowest BCUT2D eigenvalue weighted by Gasteiger charge is -2.35. The van der Waals surface area contributed by atoms with E-state index < -0.39 is 12.1 Å². The first-order valence-electron chi connectivity index (χ1n) is 8.83. The Labute approximate surface area is 138 Å². The Morgan fingerprint density at radius 3 is 2.57 bits per heavy atom. The average Bonchev–Trinajstić information content (AvgIpc) is 2.91. The molecule has 0 aromatic carbocycles. The largest absolute Gasteiger partial charge is 0.352 e. The fourth-order valence-corrected chi connectivity index (χ4v) is 3.61. The molecule has 3 amide bonds. The normalized spacial score (nSPS) is 29.3. The molecule has 2 fully saturated rings. The summed E-state index contributed by atoms with van der Waals surface area (Å²) in [6, 6.07) is -0.646. The van der Waals surface area contributed by atoms with Gasteiger partial charge >= 0.3 is 0 Å². The molecule has 0 aliphatic carbocycles. The number of hydrogen-bond acceptors (Lipinski definition) is 3. The number of nitrogens with zero attached hydrogens (tertiary/aromatic N) is 1. The lowest BCUT2D eigenvalue weighted by molar-refractivity contribution is -0.144. The van der Waals surface area contributed by atoms with Crippen molar-refractivity contribution in [1.29, 1.82) is 0 Å². The molecule has 0 aromatic rings. The molecule has 6 heteroatoms. The Bertz CT molecular complexity index is 466. The number of carbonyl (C=O) groups is 3. The van der Waals surface area contributed by atoms with Gasteiger partial charge in [-0.15, -0.1) is 0 Å². The van der Waals surface area contributed by atoms with Gasteiger partial charge in [0.15, 0.2) is 0 Å². The molecule has 0 aromatic heterocycles. The summed E-state index contributed by atoms with van der Waals surface area (Å²) in [7, 11) is 0. The van der Waals surface area contributed by atoms with Crippen molar-refractivity contribution in [3.05, 3.63) is 0 Å². The van der Waals surface area contributed by atoms with Crippen molar-refractivity contribution >= 4 is 17.7 Å². The van der Waals surface area contributed by atoms with Crippen molar-refractivity contribution in [1.82, 2.24) is 15.5 Å². The molecule has 2 heterocycles. The summed E-state index contributed by atoms with van der Waals surface area (Å²) in [4.78, 5) is 38.6. The highest BCUT2D eigenvalue weighted by atomic mass is 16.2. The van der Waals surface area contributed by atoms with Gasteiger partial charge in [0.1, 0.15) is 12.1 Å². The van der Waals surface area contributed by atoms with Gasteiger partial charge in [0, 0.05) is 19.0 Å². The van der Waals surface area contributed by atoms with Crippen molar-refractivity contribution in [3.63, 3.8) is 0 Å². The zero-order valence-corrected chi connectivity index (χ0v) is 14.4. The number of amides is 3. The van der Waals surface area contributed by atoms with E-state index in [4.69, 9.17) is 0 Å². The van der Waals surface area contributed by atoms with Crippen LogP contribution in [0.15, 0.2) is 0 Å². The number of nitrogens with one attached hydrogen (secondary N) is 2. The quantitative estimate of drug-likeness (QED) is 0.819. The summed E-state index contributed by atoms with van der Waals surface area (Å²) >= 11 is 0. The fourth-order valence-electron chi connectivity index (χ4n) is 3.61. The molecule has 0 spiro atoms. The second kappa shape index (κ2) is 7.79. The standard InChI is InChI=1S/C17H29N3O3/c1-4-11(2)18-16(22)15-10-9-13-7-5-6-8-14(19-12(3)21)17(23)20(13)15/h11,13-15H,4-10H2,1-3H3,(H,18,22)(H,19,21)/t11-,13-,14-,15-/m0/s1. The Balaban J connectivity index is 2.15. The van der Waals surface area contributed by atoms with Gasteiger partial charge in [-0.3, -0.25) is 14.4 Å². The van der Waals surface area contributed by atoms with Gasteiger partial charge in [-0.25, -0.2) is 0 Å². The molecule has 2 N–H and O–H groups in total. The minimum Gasteiger partial charge on any atom is -0.352 e. The van der Waals surface area contributed by atoms with Crippen molar-refractivity contribution in [2.24, 2.45) is 0 Å². The maximum atomic E-state index is 12.9. The topological polar surface area (TPSA) is 78.5 Å². The summed E-state index contributed by atoms with van der Waals surface area (Å²) in [6.45, 7) is 5.43. The van der Waals surface area contributed by atoms with E-state index in [-0.39, 0.29) is 29.8 Å². The highest BCUT2D eigenvalue weighted by Crippen LogP contribution is 2.31. The number of rotatable bonds is 4. The van der Waals surface area contributed by atoms with Crippen molar-refractivity contribution in [2.75, 3.05) is 0 Å². The number of carbonyl (C=O) groups excluding carboxylic acids is 3. The second-order valence-electron chi connectivity index (χ2n) is 6.85. The van der Waals surface area contributed by atoms with Crippen LogP contribution in [-0.4, -0.2) is 46.8 Å². The molecule has 2 aliphatic rings. The van der Waals surface area contributed by atoms with Crippen LogP contribution in [0, 0.1) is 0 Å². The van der Waals surface area contributed by atoms with Crippen molar-refractivity contribution in [3.8, 4) is 0 Å². The molecule has 2 aliphatic heterocycles. The van der Waals surface area contributed by atoms with E-state index in [2.05, 4.69) is 10.6 Å². The summed E-state index contributed by atoms with van der Waals surface area (Å²) in [6.07, 6.45) is 6.02. The lowest BCUT2D eigenvalue weighted by atomic mass is 9.99. The Morgan fingerprint density at radius 2 is 1.91 bits per heavy atom. The van der Waals surface area contributed by atoms with E-state index in [1.807, 2.05) is 13.8 Å². The highest BCUT2D eigenvalue weighted by Gasteiger charge is 2.43. The molecule has 0 bridgehead atoms. The average molecular weight is 323 g/mol. The second-order valence-corrected chi connectivity index (χ2v) is 6.85. The Kier molecular flexibility index (Phi) is 6.02. The predicted molar refractivity (Wildman–Crippen MR) is 87.6 cm³/mol. The molecule has 2 rings (SSSR count). The molecule has 23 heavy (non-hydrogen) atoms. The summed E-state index contributed by atoms with van der Waals surface area (Å²) in [5.41, 5.74) is 0. The Morgan fingerprint density at radius 1 is 1.22 bits per heavy atom. The van der Waals surface area contributed by atoms with Gasteiger partial charge in [-0.2, -0.15) is 0 Å². The van der Waals surface area contributed by atoms with Gasteiger partial charge < -0.3 is 15.5 Å². The van der Waals surface area contributed by atoms with Crippen molar-refractivity contribution in [2.45, 2.75) is 89.9 Å². The van der Waals surface area contributed by atoms with Crippen LogP contribution in [0.25, 0.3) is 0 Å². The first-order chi connectivity index (χ1) is 10.9. The first kappa shape index (κ1) is 17.8. The molecule has 2 saturated heterocycles. The van der Waals surface area contributed by atoms with Crippen LogP contribution in [-0.2, 0) is 14.4 Å². The van der Waals surface area contributed by atoms with E-state index in [0.717, 1.165) is 32.1 Å². The van der Waals surface area contributed by atoms with Gasteiger partial charge in [0.25, 0.3) is 0 Å². The molecule has 6 nitrogen and oxygen atoms in total. The van der Waals surface area contributed by atoms with Crippen LogP contribution in [0.4, 0.5) is 0 Å². The third kappa shape index (κ3) is 4.24. The molecular formula is C17H29N3O3. The lowest BCUT2D eigenvalue weighted by Crippen LogP contribution is -2.56. The minimum atomic E-state index is -0.493. The van der Waals surface area contributed by atoms with E-state index in [1.165, 1.54) is 6.92 Å². The first-order valence-corrected chi connectivity index (χ1v) is 8.83. The molecule has 0 unspecified atom stereocenters. The molecular weight excluding hydrogens is 294 g/mol. The van der Waals surface area contributed by atoms with Crippen molar-refractivity contribution < 1.29 is 14.4 Å². The minimum absolute atomic E-state index is 0.0580. The van der Waals surface area contributed by atoms with Crippen LogP contribution in [0.3, 0.4) is 0 Å². The Hall–Kier alpha value is -1.59. The number of hydrogen-bond donors (Lipinski definition) is 2. The smallest absolute Gasteiger partial charge is 0.246 e. The van der Waals surface area contributed by atoms with E-state index in [9.17, 15) is 14.4 Å². The van der Waals surface area contributed by atoms with Crippen LogP contribution in [0.5, 0.6) is 0 Å². The molecule has 0 saturated carbocycles. The third-order valence-electron chi connectivity index (χ3n) is 5.02. The van der Waals surface area contributed by atoms with E-state index >= 15 is 0 Å². The van der Waals surface area contributed by atoms with Crippen LogP contribution in [0.1, 0.15) is 65.7 Å². The predicted octanol–water partition coefficient (Wildman–Crippen LogP) is 1.34. The van der Waals surface area contributed by atoms with Gasteiger partial charge in [-0.1, -0.05) is 19.8 Å². The SMILES string of the molecule is CC[C@H](C)NC(=O)[C@@H]1CC[C@@H]2CCCC[C@H](NC(C)=O)C(=O)N21. The summed E-state index contributed by atoms with van der Waals surface area (Å²) in [5, 5.41) is 5.76. The summed E-state index contributed by atoms with van der Waals surface area (Å²) in [5.74, 6) is -0.343. The van der Waals surface area contributed by atoms with Gasteiger partial charge in [0.05, 0.1) is 0 Å². The van der Waals surface area contributed by atoms with E-state index in [1.54, 1.807) is 4.90 Å². The van der Waals surface area contributed by atoms with Gasteiger partial charge in [0.2, 0.25) is 17.7 Å². The number of fused-ring (bicyclic) bond motifs is 1. The van der Waals surface area contributed by atoms with Crippen LogP contribution < -0.4 is 10.6 Å². The van der Waals surface area contributed by atoms with Crippen LogP contribution >= 0.6 is 0 Å². The monoisotopic (exact) mass is 323 g/mol. The third-order valence-corrected chi connectivity index (χ3v) is 5.02. The van der Waals surface area contributed by atoms with Crippen LogP contribution in [0.2, 0.25) is 0 Å². The fraction of sp³-hybridized carbons (Fsp3) is 0.824. The maximum Gasteiger partial charge on any atom is 0.246 e. The highest BCUT2D eigenvalue weighted by molar-refractivity contribution is 5.92. The molecule has 0 radical (unpaired) electrons. The zero-order chi connectivity index (χ0) is 17.0.